The Balaban J connectivity index is 1.41. The number of ether oxygens (including phenoxy) is 1. The van der Waals surface area contributed by atoms with E-state index < -0.39 is 6.10 Å². The second kappa shape index (κ2) is 13.7. The zero-order chi connectivity index (χ0) is 20.9. The van der Waals surface area contributed by atoms with Crippen molar-refractivity contribution in [2.75, 3.05) is 26.3 Å². The molecule has 0 bridgehead atoms. The number of nitrogens with one attached hydrogen (secondary N) is 1. The molecule has 0 aliphatic carbocycles. The van der Waals surface area contributed by atoms with Gasteiger partial charge in [-0.15, -0.1) is 11.3 Å². The number of aryl methyl sites for hydroxylation is 2. The molecule has 1 atom stereocenters. The lowest BCUT2D eigenvalue weighted by Gasteiger charge is -2.14. The molecular formula is C23H35NO4S. The summed E-state index contributed by atoms with van der Waals surface area (Å²) in [5.74, 6) is 0.0537. The van der Waals surface area contributed by atoms with Gasteiger partial charge in [0.15, 0.2) is 0 Å². The van der Waals surface area contributed by atoms with Crippen molar-refractivity contribution in [2.45, 2.75) is 58.2 Å². The van der Waals surface area contributed by atoms with Crippen LogP contribution in [0.3, 0.4) is 0 Å². The number of aliphatic hydroxyl groups is 2. The highest BCUT2D eigenvalue weighted by Gasteiger charge is 2.09. The molecule has 0 saturated heterocycles. The monoisotopic (exact) mass is 421 g/mol. The molecule has 29 heavy (non-hydrogen) atoms. The van der Waals surface area contributed by atoms with Crippen molar-refractivity contribution in [3.8, 4) is 5.75 Å². The standard InChI is InChI=1S/C23H35NO4S/c1-18-8-10-21(29-18)7-6-14-28-13-5-3-2-4-12-24-16-23(27)19-9-11-22(26)20(15-19)17-25/h8-11,15,23-27H,2-7,12-14,16-17H2,1H3. The van der Waals surface area contributed by atoms with Gasteiger partial charge in [-0.2, -0.15) is 0 Å². The van der Waals surface area contributed by atoms with Gasteiger partial charge in [0.05, 0.1) is 12.7 Å². The molecule has 1 heterocycles. The highest BCUT2D eigenvalue weighted by molar-refractivity contribution is 7.11. The Bertz CT molecular complexity index is 704. The molecule has 0 fully saturated rings. The smallest absolute Gasteiger partial charge is 0.121 e. The van der Waals surface area contributed by atoms with Crippen LogP contribution in [0.15, 0.2) is 30.3 Å². The third-order valence-corrected chi connectivity index (χ3v) is 5.96. The van der Waals surface area contributed by atoms with Crippen LogP contribution in [-0.4, -0.2) is 41.6 Å². The number of aliphatic hydroxyl groups excluding tert-OH is 2. The Morgan fingerprint density at radius 2 is 1.83 bits per heavy atom. The highest BCUT2D eigenvalue weighted by atomic mass is 32.1. The van der Waals surface area contributed by atoms with E-state index in [0.717, 1.165) is 58.3 Å². The maximum absolute atomic E-state index is 10.2. The van der Waals surface area contributed by atoms with Gasteiger partial charge in [-0.25, -0.2) is 0 Å². The van der Waals surface area contributed by atoms with Crippen LogP contribution in [0.5, 0.6) is 5.75 Å². The van der Waals surface area contributed by atoms with E-state index in [0.29, 0.717) is 17.7 Å². The van der Waals surface area contributed by atoms with E-state index in [1.54, 1.807) is 12.1 Å². The van der Waals surface area contributed by atoms with Gasteiger partial charge in [-0.3, -0.25) is 0 Å². The van der Waals surface area contributed by atoms with E-state index in [1.165, 1.54) is 15.8 Å². The van der Waals surface area contributed by atoms with E-state index in [-0.39, 0.29) is 12.4 Å². The SMILES string of the molecule is Cc1ccc(CCCOCCCCCCNCC(O)c2ccc(O)c(CO)c2)s1. The first kappa shape index (κ1) is 23.8. The van der Waals surface area contributed by atoms with Crippen molar-refractivity contribution in [3.05, 3.63) is 51.2 Å². The lowest BCUT2D eigenvalue weighted by molar-refractivity contribution is 0.128. The van der Waals surface area contributed by atoms with Crippen LogP contribution in [0.1, 0.15) is 59.1 Å². The van der Waals surface area contributed by atoms with Crippen LogP contribution in [-0.2, 0) is 17.8 Å². The summed E-state index contributed by atoms with van der Waals surface area (Å²) < 4.78 is 5.72. The maximum Gasteiger partial charge on any atom is 0.121 e. The predicted molar refractivity (Wildman–Crippen MR) is 119 cm³/mol. The quantitative estimate of drug-likeness (QED) is 0.326. The summed E-state index contributed by atoms with van der Waals surface area (Å²) in [5.41, 5.74) is 1.14. The van der Waals surface area contributed by atoms with Crippen molar-refractivity contribution in [3.63, 3.8) is 0 Å². The first-order chi connectivity index (χ1) is 14.1. The first-order valence-electron chi connectivity index (χ1n) is 10.5. The van der Waals surface area contributed by atoms with Gasteiger partial charge in [-0.1, -0.05) is 18.9 Å². The molecule has 1 aromatic heterocycles. The molecule has 5 nitrogen and oxygen atoms in total. The average Bonchev–Trinajstić information content (AvgIpc) is 3.14. The molecule has 1 unspecified atom stereocenters. The molecule has 2 aromatic rings. The minimum atomic E-state index is -0.646. The summed E-state index contributed by atoms with van der Waals surface area (Å²) in [6.07, 6.45) is 6.03. The van der Waals surface area contributed by atoms with Crippen molar-refractivity contribution < 1.29 is 20.1 Å². The van der Waals surface area contributed by atoms with E-state index in [1.807, 2.05) is 11.3 Å². The van der Waals surface area contributed by atoms with Gasteiger partial charge in [0.25, 0.3) is 0 Å². The fourth-order valence-electron chi connectivity index (χ4n) is 3.17. The van der Waals surface area contributed by atoms with Gasteiger partial charge in [-0.05, 0) is 69.0 Å². The average molecular weight is 422 g/mol. The van der Waals surface area contributed by atoms with E-state index in [4.69, 9.17) is 4.74 Å². The minimum Gasteiger partial charge on any atom is -0.508 e. The molecule has 162 valence electrons. The number of phenols is 1. The number of aromatic hydroxyl groups is 1. The summed E-state index contributed by atoms with van der Waals surface area (Å²) in [5, 5.41) is 32.2. The molecule has 0 saturated carbocycles. The Labute approximate surface area is 178 Å². The summed E-state index contributed by atoms with van der Waals surface area (Å²) in [4.78, 5) is 2.82. The number of hydrogen-bond acceptors (Lipinski definition) is 6. The fraction of sp³-hybridized carbons (Fsp3) is 0.565. The lowest BCUT2D eigenvalue weighted by Crippen LogP contribution is -2.22. The summed E-state index contributed by atoms with van der Waals surface area (Å²) >= 11 is 1.87. The van der Waals surface area contributed by atoms with Gasteiger partial charge in [0.2, 0.25) is 0 Å². The summed E-state index contributed by atoms with van der Waals surface area (Å²) in [6, 6.07) is 9.22. The maximum atomic E-state index is 10.2. The number of rotatable bonds is 15. The van der Waals surface area contributed by atoms with Crippen molar-refractivity contribution in [2.24, 2.45) is 0 Å². The Kier molecular flexibility index (Phi) is 11.3. The predicted octanol–water partition coefficient (Wildman–Crippen LogP) is 4.09. The highest BCUT2D eigenvalue weighted by Crippen LogP contribution is 2.22. The molecule has 0 aliphatic rings. The van der Waals surface area contributed by atoms with E-state index >= 15 is 0 Å². The van der Waals surface area contributed by atoms with E-state index in [9.17, 15) is 15.3 Å². The topological polar surface area (TPSA) is 82.0 Å². The van der Waals surface area contributed by atoms with E-state index in [2.05, 4.69) is 24.4 Å². The van der Waals surface area contributed by atoms with Gasteiger partial charge in [0.1, 0.15) is 5.75 Å². The molecule has 0 aliphatic heterocycles. The molecule has 4 N–H and O–H groups in total. The largest absolute Gasteiger partial charge is 0.508 e. The summed E-state index contributed by atoms with van der Waals surface area (Å²) in [7, 11) is 0. The van der Waals surface area contributed by atoms with Crippen molar-refractivity contribution >= 4 is 11.3 Å². The third-order valence-electron chi connectivity index (χ3n) is 4.90. The first-order valence-corrected chi connectivity index (χ1v) is 11.4. The van der Waals surface area contributed by atoms with Crippen LogP contribution in [0.25, 0.3) is 0 Å². The van der Waals surface area contributed by atoms with Crippen molar-refractivity contribution in [1.29, 1.82) is 0 Å². The Morgan fingerprint density at radius 1 is 1.03 bits per heavy atom. The zero-order valence-electron chi connectivity index (χ0n) is 17.4. The molecule has 1 aromatic carbocycles. The molecular weight excluding hydrogens is 386 g/mol. The van der Waals surface area contributed by atoms with Crippen molar-refractivity contribution in [1.82, 2.24) is 5.32 Å². The normalized spacial score (nSPS) is 12.4. The lowest BCUT2D eigenvalue weighted by atomic mass is 10.1. The second-order valence-electron chi connectivity index (χ2n) is 7.41. The van der Waals surface area contributed by atoms with Crippen LogP contribution in [0.2, 0.25) is 0 Å². The second-order valence-corrected chi connectivity index (χ2v) is 8.78. The zero-order valence-corrected chi connectivity index (χ0v) is 18.2. The number of unbranched alkanes of at least 4 members (excludes halogenated alkanes) is 3. The molecule has 6 heteroatoms. The number of hydrogen-bond donors (Lipinski definition) is 4. The minimum absolute atomic E-state index is 0.0537. The molecule has 0 amide bonds. The molecule has 2 rings (SSSR count). The van der Waals surface area contributed by atoms with Crippen LogP contribution < -0.4 is 5.32 Å². The molecule has 0 radical (unpaired) electrons. The van der Waals surface area contributed by atoms with Crippen LogP contribution in [0.4, 0.5) is 0 Å². The van der Waals surface area contributed by atoms with Gasteiger partial charge in [0, 0.05) is 35.1 Å². The van der Waals surface area contributed by atoms with Crippen LogP contribution >= 0.6 is 11.3 Å². The Hall–Kier alpha value is -1.44. The van der Waals surface area contributed by atoms with Gasteiger partial charge < -0.3 is 25.4 Å². The van der Waals surface area contributed by atoms with Gasteiger partial charge >= 0.3 is 0 Å². The third kappa shape index (κ3) is 9.28. The fourth-order valence-corrected chi connectivity index (χ4v) is 4.11. The van der Waals surface area contributed by atoms with Crippen LogP contribution in [0, 0.1) is 6.92 Å². The number of thiophene rings is 1. The Morgan fingerprint density at radius 3 is 2.59 bits per heavy atom. The number of benzene rings is 1. The molecule has 0 spiro atoms. The summed E-state index contributed by atoms with van der Waals surface area (Å²) in [6.45, 7) is 4.91.